The van der Waals surface area contributed by atoms with Crippen LogP contribution in [0.15, 0.2) is 30.3 Å². The molecule has 0 spiro atoms. The fourth-order valence-electron chi connectivity index (χ4n) is 2.20. The number of aliphatic hydroxyl groups is 1. The lowest BCUT2D eigenvalue weighted by molar-refractivity contribution is 0.106. The molecule has 0 aliphatic heterocycles. The molecule has 1 heteroatoms. The highest BCUT2D eigenvalue weighted by molar-refractivity contribution is 5.21. The van der Waals surface area contributed by atoms with Crippen LogP contribution >= 0.6 is 0 Å². The third-order valence-electron chi connectivity index (χ3n) is 2.96. The topological polar surface area (TPSA) is 20.2 Å². The largest absolute Gasteiger partial charge is 0.392 e. The number of benzene rings is 1. The number of hydrogen-bond donors (Lipinski definition) is 1. The van der Waals surface area contributed by atoms with Gasteiger partial charge in [-0.3, -0.25) is 0 Å². The molecule has 0 radical (unpaired) electrons. The number of hydrogen-bond acceptors (Lipinski definition) is 1. The summed E-state index contributed by atoms with van der Waals surface area (Å²) in [6, 6.07) is 10.4. The summed E-state index contributed by atoms with van der Waals surface area (Å²) < 4.78 is 0. The van der Waals surface area contributed by atoms with Gasteiger partial charge in [0, 0.05) is 5.92 Å². The molecule has 0 saturated heterocycles. The molecular weight excluding hydrogens is 184 g/mol. The van der Waals surface area contributed by atoms with Crippen molar-refractivity contribution in [2.75, 3.05) is 0 Å². The summed E-state index contributed by atoms with van der Waals surface area (Å²) in [4.78, 5) is 0. The van der Waals surface area contributed by atoms with Gasteiger partial charge in [-0.25, -0.2) is 0 Å². The van der Waals surface area contributed by atoms with E-state index in [1.165, 1.54) is 18.4 Å². The average Bonchev–Trinajstić information content (AvgIpc) is 2.33. The maximum absolute atomic E-state index is 9.82. The highest BCUT2D eigenvalue weighted by atomic mass is 16.3. The summed E-state index contributed by atoms with van der Waals surface area (Å²) in [6.45, 7) is 4.00. The van der Waals surface area contributed by atoms with Crippen molar-refractivity contribution in [3.8, 4) is 0 Å². The van der Waals surface area contributed by atoms with Gasteiger partial charge in [0.1, 0.15) is 0 Å². The van der Waals surface area contributed by atoms with Crippen LogP contribution in [0, 0.1) is 0 Å². The molecule has 0 bridgehead atoms. The van der Waals surface area contributed by atoms with E-state index in [2.05, 4.69) is 24.3 Å². The van der Waals surface area contributed by atoms with Crippen molar-refractivity contribution >= 4 is 0 Å². The Morgan fingerprint density at radius 2 is 1.60 bits per heavy atom. The van der Waals surface area contributed by atoms with Gasteiger partial charge in [0.15, 0.2) is 0 Å². The first-order valence-electron chi connectivity index (χ1n) is 6.11. The average molecular weight is 206 g/mol. The Hall–Kier alpha value is -0.820. The maximum Gasteiger partial charge on any atom is 0.0608 e. The summed E-state index contributed by atoms with van der Waals surface area (Å²) >= 11 is 0. The predicted molar refractivity (Wildman–Crippen MR) is 65.0 cm³/mol. The van der Waals surface area contributed by atoms with E-state index in [-0.39, 0.29) is 6.10 Å². The van der Waals surface area contributed by atoms with Crippen molar-refractivity contribution in [1.29, 1.82) is 0 Å². The van der Waals surface area contributed by atoms with Crippen LogP contribution in [-0.4, -0.2) is 11.2 Å². The summed E-state index contributed by atoms with van der Waals surface area (Å²) in [6.07, 6.45) is 4.45. The Balaban J connectivity index is 0.000000531. The van der Waals surface area contributed by atoms with E-state index in [9.17, 15) is 5.11 Å². The smallest absolute Gasteiger partial charge is 0.0608 e. The first kappa shape index (κ1) is 12.3. The Morgan fingerprint density at radius 3 is 2.20 bits per heavy atom. The molecule has 2 unspecified atom stereocenters. The summed E-state index contributed by atoms with van der Waals surface area (Å²) in [5.41, 5.74) is 1.30. The number of aliphatic hydroxyl groups excluding tert-OH is 1. The third-order valence-corrected chi connectivity index (χ3v) is 2.96. The Labute approximate surface area is 93.1 Å². The van der Waals surface area contributed by atoms with Crippen molar-refractivity contribution in [2.24, 2.45) is 0 Å². The summed E-state index contributed by atoms with van der Waals surface area (Å²) in [5, 5.41) is 9.82. The fourth-order valence-corrected chi connectivity index (χ4v) is 2.20. The van der Waals surface area contributed by atoms with Crippen LogP contribution in [0.25, 0.3) is 0 Å². The molecular formula is C14H22O. The SMILES string of the molecule is CC.OC1CCCCC1c1ccccc1. The molecule has 1 aliphatic rings. The summed E-state index contributed by atoms with van der Waals surface area (Å²) in [7, 11) is 0. The second-order valence-corrected chi connectivity index (χ2v) is 3.87. The van der Waals surface area contributed by atoms with Gasteiger partial charge < -0.3 is 5.11 Å². The van der Waals surface area contributed by atoms with E-state index in [4.69, 9.17) is 0 Å². The Bertz CT molecular complexity index is 255. The van der Waals surface area contributed by atoms with Crippen molar-refractivity contribution in [1.82, 2.24) is 0 Å². The van der Waals surface area contributed by atoms with Gasteiger partial charge in [-0.1, -0.05) is 57.0 Å². The lowest BCUT2D eigenvalue weighted by Gasteiger charge is -2.27. The quantitative estimate of drug-likeness (QED) is 0.742. The minimum absolute atomic E-state index is 0.115. The van der Waals surface area contributed by atoms with Crippen molar-refractivity contribution in [2.45, 2.75) is 51.6 Å². The molecule has 0 aromatic heterocycles. The van der Waals surface area contributed by atoms with E-state index in [0.717, 1.165) is 12.8 Å². The molecule has 0 amide bonds. The highest BCUT2D eigenvalue weighted by Crippen LogP contribution is 2.32. The molecule has 15 heavy (non-hydrogen) atoms. The van der Waals surface area contributed by atoms with E-state index < -0.39 is 0 Å². The van der Waals surface area contributed by atoms with Gasteiger partial charge in [0.2, 0.25) is 0 Å². The highest BCUT2D eigenvalue weighted by Gasteiger charge is 2.23. The molecule has 1 aliphatic carbocycles. The molecule has 1 fully saturated rings. The fraction of sp³-hybridized carbons (Fsp3) is 0.571. The van der Waals surface area contributed by atoms with Gasteiger partial charge in [-0.2, -0.15) is 0 Å². The molecule has 1 aromatic rings. The molecule has 0 heterocycles. The zero-order chi connectivity index (χ0) is 11.1. The Kier molecular flexibility index (Phi) is 5.41. The van der Waals surface area contributed by atoms with Crippen molar-refractivity contribution < 1.29 is 5.11 Å². The molecule has 1 N–H and O–H groups in total. The lowest BCUT2D eigenvalue weighted by atomic mass is 9.82. The summed E-state index contributed by atoms with van der Waals surface area (Å²) in [5.74, 6) is 0.384. The van der Waals surface area contributed by atoms with Crippen LogP contribution in [0.1, 0.15) is 51.0 Å². The van der Waals surface area contributed by atoms with Gasteiger partial charge in [-0.05, 0) is 18.4 Å². The van der Waals surface area contributed by atoms with Crippen LogP contribution in [0.5, 0.6) is 0 Å². The molecule has 1 aromatic carbocycles. The minimum atomic E-state index is -0.115. The van der Waals surface area contributed by atoms with E-state index >= 15 is 0 Å². The Morgan fingerprint density at radius 1 is 1.00 bits per heavy atom. The first-order valence-corrected chi connectivity index (χ1v) is 6.11. The number of rotatable bonds is 1. The van der Waals surface area contributed by atoms with Crippen molar-refractivity contribution in [3.63, 3.8) is 0 Å². The monoisotopic (exact) mass is 206 g/mol. The van der Waals surface area contributed by atoms with Gasteiger partial charge in [0.05, 0.1) is 6.10 Å². The van der Waals surface area contributed by atoms with Crippen LogP contribution in [0.2, 0.25) is 0 Å². The maximum atomic E-state index is 9.82. The predicted octanol–water partition coefficient (Wildman–Crippen LogP) is 3.73. The van der Waals surface area contributed by atoms with Crippen LogP contribution in [0.3, 0.4) is 0 Å². The molecule has 1 nitrogen and oxygen atoms in total. The van der Waals surface area contributed by atoms with Gasteiger partial charge >= 0.3 is 0 Å². The van der Waals surface area contributed by atoms with Gasteiger partial charge in [0.25, 0.3) is 0 Å². The zero-order valence-electron chi connectivity index (χ0n) is 9.82. The van der Waals surface area contributed by atoms with Crippen LogP contribution in [-0.2, 0) is 0 Å². The third kappa shape index (κ3) is 3.35. The van der Waals surface area contributed by atoms with Crippen molar-refractivity contribution in [3.05, 3.63) is 35.9 Å². The minimum Gasteiger partial charge on any atom is -0.392 e. The van der Waals surface area contributed by atoms with Gasteiger partial charge in [-0.15, -0.1) is 0 Å². The van der Waals surface area contributed by atoms with Crippen LogP contribution in [0.4, 0.5) is 0 Å². The second-order valence-electron chi connectivity index (χ2n) is 3.87. The second kappa shape index (κ2) is 6.62. The molecule has 84 valence electrons. The molecule has 2 atom stereocenters. The standard InChI is InChI=1S/C12H16O.C2H6/c13-12-9-5-4-8-11(12)10-6-2-1-3-7-10;1-2/h1-3,6-7,11-13H,4-5,8-9H2;1-2H3. The first-order chi connectivity index (χ1) is 7.38. The normalized spacial score (nSPS) is 25.3. The zero-order valence-corrected chi connectivity index (χ0v) is 9.82. The molecule has 2 rings (SSSR count). The van der Waals surface area contributed by atoms with Crippen LogP contribution < -0.4 is 0 Å². The van der Waals surface area contributed by atoms with E-state index in [1.54, 1.807) is 0 Å². The van der Waals surface area contributed by atoms with E-state index in [1.807, 2.05) is 19.9 Å². The molecule has 1 saturated carbocycles. The van der Waals surface area contributed by atoms with E-state index in [0.29, 0.717) is 5.92 Å². The lowest BCUT2D eigenvalue weighted by Crippen LogP contribution is -2.22.